The summed E-state index contributed by atoms with van der Waals surface area (Å²) in [5, 5.41) is 4.35. The zero-order valence-electron chi connectivity index (χ0n) is 13.3. The van der Waals surface area contributed by atoms with Gasteiger partial charge in [-0.2, -0.15) is 0 Å². The number of anilines is 1. The van der Waals surface area contributed by atoms with Gasteiger partial charge in [0.05, 0.1) is 11.7 Å². The third kappa shape index (κ3) is 2.60. The summed E-state index contributed by atoms with van der Waals surface area (Å²) in [7, 11) is 0. The summed E-state index contributed by atoms with van der Waals surface area (Å²) in [5.41, 5.74) is 3.15. The van der Waals surface area contributed by atoms with E-state index in [1.165, 1.54) is 0 Å². The van der Waals surface area contributed by atoms with Crippen molar-refractivity contribution >= 4 is 16.7 Å². The second-order valence-corrected chi connectivity index (χ2v) is 5.49. The third-order valence-corrected chi connectivity index (χ3v) is 3.94. The Morgan fingerprint density at radius 1 is 0.917 bits per heavy atom. The molecule has 0 aliphatic carbocycles. The first kappa shape index (κ1) is 14.4. The smallest absolute Gasteiger partial charge is 0.137 e. The van der Waals surface area contributed by atoms with Crippen LogP contribution in [0.3, 0.4) is 0 Å². The van der Waals surface area contributed by atoms with Crippen LogP contribution < -0.4 is 5.32 Å². The monoisotopic (exact) mass is 315 g/mol. The molecule has 0 spiro atoms. The van der Waals surface area contributed by atoms with Gasteiger partial charge in [0.15, 0.2) is 0 Å². The lowest BCUT2D eigenvalue weighted by atomic mass is 10.1. The van der Waals surface area contributed by atoms with Crippen LogP contribution in [0.1, 0.15) is 6.92 Å². The molecule has 1 N–H and O–H groups in total. The zero-order chi connectivity index (χ0) is 16.4. The molecule has 0 aliphatic heterocycles. The lowest BCUT2D eigenvalue weighted by Crippen LogP contribution is -1.98. The van der Waals surface area contributed by atoms with Crippen LogP contribution in [-0.2, 0) is 0 Å². The van der Waals surface area contributed by atoms with E-state index in [-0.39, 0.29) is 0 Å². The van der Waals surface area contributed by atoms with Crippen LogP contribution in [0.4, 0.5) is 5.82 Å². The summed E-state index contributed by atoms with van der Waals surface area (Å²) in [4.78, 5) is 13.2. The topological polar surface area (TPSA) is 55.6 Å². The van der Waals surface area contributed by atoms with Gasteiger partial charge in [-0.25, -0.2) is 9.97 Å². The molecular formula is C19H17N5. The fourth-order valence-electron chi connectivity index (χ4n) is 2.72. The lowest BCUT2D eigenvalue weighted by molar-refractivity contribution is 1.04. The van der Waals surface area contributed by atoms with Gasteiger partial charge >= 0.3 is 0 Å². The van der Waals surface area contributed by atoms with Crippen molar-refractivity contribution in [3.8, 4) is 16.9 Å². The minimum absolute atomic E-state index is 0.863. The van der Waals surface area contributed by atoms with Gasteiger partial charge in [0.25, 0.3) is 0 Å². The summed E-state index contributed by atoms with van der Waals surface area (Å²) in [6.45, 7) is 2.92. The Morgan fingerprint density at radius 3 is 2.46 bits per heavy atom. The van der Waals surface area contributed by atoms with E-state index < -0.39 is 0 Å². The van der Waals surface area contributed by atoms with E-state index in [1.54, 1.807) is 6.20 Å². The van der Waals surface area contributed by atoms with Crippen molar-refractivity contribution in [2.75, 3.05) is 11.9 Å². The van der Waals surface area contributed by atoms with Crippen molar-refractivity contribution < 1.29 is 0 Å². The van der Waals surface area contributed by atoms with Gasteiger partial charge in [-0.15, -0.1) is 0 Å². The van der Waals surface area contributed by atoms with Gasteiger partial charge in [-0.1, -0.05) is 0 Å². The fourth-order valence-corrected chi connectivity index (χ4v) is 2.72. The van der Waals surface area contributed by atoms with E-state index in [9.17, 15) is 0 Å². The first-order chi connectivity index (χ1) is 11.8. The van der Waals surface area contributed by atoms with Gasteiger partial charge in [-0.3, -0.25) is 9.55 Å². The van der Waals surface area contributed by atoms with E-state index in [0.29, 0.717) is 0 Å². The number of nitrogens with zero attached hydrogens (tertiary/aromatic N) is 4. The maximum absolute atomic E-state index is 4.60. The average Bonchev–Trinajstić information content (AvgIpc) is 3.07. The number of hydrogen-bond donors (Lipinski definition) is 1. The number of pyridine rings is 3. The fraction of sp³-hybridized carbons (Fsp3) is 0.105. The molecule has 4 heterocycles. The Morgan fingerprint density at radius 2 is 1.75 bits per heavy atom. The summed E-state index contributed by atoms with van der Waals surface area (Å²) >= 11 is 0. The number of rotatable bonds is 4. The molecule has 0 aromatic carbocycles. The zero-order valence-corrected chi connectivity index (χ0v) is 13.3. The quantitative estimate of drug-likeness (QED) is 0.620. The molecule has 24 heavy (non-hydrogen) atoms. The Kier molecular flexibility index (Phi) is 3.67. The molecule has 0 bridgehead atoms. The highest BCUT2D eigenvalue weighted by Crippen LogP contribution is 2.22. The molecule has 4 aromatic rings. The van der Waals surface area contributed by atoms with Crippen LogP contribution >= 0.6 is 0 Å². The van der Waals surface area contributed by atoms with Crippen molar-refractivity contribution in [3.63, 3.8) is 0 Å². The van der Waals surface area contributed by atoms with E-state index in [4.69, 9.17) is 0 Å². The van der Waals surface area contributed by atoms with Crippen LogP contribution in [0, 0.1) is 0 Å². The highest BCUT2D eigenvalue weighted by Gasteiger charge is 2.05. The maximum atomic E-state index is 4.60. The SMILES string of the molecule is CCNc1ccc(-c2ccc(-n3ccc4ccncc43)nc2)cn1. The van der Waals surface area contributed by atoms with Crippen molar-refractivity contribution in [1.82, 2.24) is 19.5 Å². The van der Waals surface area contributed by atoms with Crippen molar-refractivity contribution in [3.05, 3.63) is 67.4 Å². The number of hydrogen-bond acceptors (Lipinski definition) is 4. The summed E-state index contributed by atoms with van der Waals surface area (Å²) < 4.78 is 2.04. The van der Waals surface area contributed by atoms with E-state index in [2.05, 4.69) is 45.4 Å². The summed E-state index contributed by atoms with van der Waals surface area (Å²) in [6, 6.07) is 12.2. The molecule has 118 valence electrons. The van der Waals surface area contributed by atoms with Crippen molar-refractivity contribution in [2.45, 2.75) is 6.92 Å². The Bertz CT molecular complexity index is 955. The molecule has 4 aromatic heterocycles. The average molecular weight is 315 g/mol. The molecule has 0 saturated carbocycles. The first-order valence-electron chi connectivity index (χ1n) is 7.93. The maximum Gasteiger partial charge on any atom is 0.137 e. The second-order valence-electron chi connectivity index (χ2n) is 5.49. The second kappa shape index (κ2) is 6.12. The minimum atomic E-state index is 0.863. The van der Waals surface area contributed by atoms with Gasteiger partial charge in [-0.05, 0) is 43.3 Å². The number of aromatic nitrogens is 4. The van der Waals surface area contributed by atoms with Crippen LogP contribution in [0.5, 0.6) is 0 Å². The van der Waals surface area contributed by atoms with Crippen LogP contribution in [0.15, 0.2) is 67.4 Å². The molecule has 5 nitrogen and oxygen atoms in total. The number of fused-ring (bicyclic) bond motifs is 1. The molecule has 0 saturated heterocycles. The van der Waals surface area contributed by atoms with Gasteiger partial charge in [0, 0.05) is 47.8 Å². The molecular weight excluding hydrogens is 298 g/mol. The van der Waals surface area contributed by atoms with Crippen molar-refractivity contribution in [2.24, 2.45) is 0 Å². The number of nitrogens with one attached hydrogen (secondary N) is 1. The third-order valence-electron chi connectivity index (χ3n) is 3.94. The van der Waals surface area contributed by atoms with Crippen LogP contribution in [-0.4, -0.2) is 26.1 Å². The predicted molar refractivity (Wildman–Crippen MR) is 96.3 cm³/mol. The lowest BCUT2D eigenvalue weighted by Gasteiger charge is -2.07. The highest BCUT2D eigenvalue weighted by molar-refractivity contribution is 5.80. The molecule has 4 rings (SSSR count). The predicted octanol–water partition coefficient (Wildman–Crippen LogP) is 3.91. The van der Waals surface area contributed by atoms with E-state index in [0.717, 1.165) is 40.2 Å². The largest absolute Gasteiger partial charge is 0.370 e. The molecule has 0 fully saturated rings. The molecule has 0 radical (unpaired) electrons. The Hall–Kier alpha value is -3.21. The molecule has 0 amide bonds. The van der Waals surface area contributed by atoms with Crippen molar-refractivity contribution in [1.29, 1.82) is 0 Å². The molecule has 0 atom stereocenters. The molecule has 0 unspecified atom stereocenters. The summed E-state index contributed by atoms with van der Waals surface area (Å²) in [6.07, 6.45) is 9.41. The standard InChI is InChI=1S/C19H17N5/c1-2-21-18-5-3-15(11-22-18)16-4-6-19(23-12-16)24-10-8-14-7-9-20-13-17(14)24/h3-13H,2H2,1H3,(H,21,22). The van der Waals surface area contributed by atoms with Crippen LogP contribution in [0.25, 0.3) is 27.8 Å². The van der Waals surface area contributed by atoms with E-state index >= 15 is 0 Å². The summed E-state index contributed by atoms with van der Waals surface area (Å²) in [5.74, 6) is 1.76. The normalized spacial score (nSPS) is 10.9. The van der Waals surface area contributed by atoms with E-state index in [1.807, 2.05) is 47.6 Å². The highest BCUT2D eigenvalue weighted by atomic mass is 15.1. The first-order valence-corrected chi connectivity index (χ1v) is 7.93. The van der Waals surface area contributed by atoms with Gasteiger partial charge in [0.1, 0.15) is 11.6 Å². The Balaban J connectivity index is 1.65. The van der Waals surface area contributed by atoms with Crippen LogP contribution in [0.2, 0.25) is 0 Å². The Labute approximate surface area is 140 Å². The van der Waals surface area contributed by atoms with Gasteiger partial charge < -0.3 is 5.32 Å². The molecule has 0 aliphatic rings. The minimum Gasteiger partial charge on any atom is -0.370 e. The molecule has 5 heteroatoms. The van der Waals surface area contributed by atoms with Gasteiger partial charge in [0.2, 0.25) is 0 Å².